The Kier molecular flexibility index (Phi) is 5.09. The van der Waals surface area contributed by atoms with Crippen LogP contribution in [-0.2, 0) is 6.54 Å². The molecular formula is C19H21N3O4. The molecule has 0 aromatic heterocycles. The molecule has 0 saturated carbocycles. The van der Waals surface area contributed by atoms with Crippen LogP contribution in [0.4, 0.5) is 10.5 Å². The fourth-order valence-corrected chi connectivity index (χ4v) is 2.88. The van der Waals surface area contributed by atoms with Crippen molar-refractivity contribution in [2.24, 2.45) is 0 Å². The predicted octanol–water partition coefficient (Wildman–Crippen LogP) is 2.64. The normalized spacial score (nSPS) is 16.1. The third-order valence-electron chi connectivity index (χ3n) is 4.46. The monoisotopic (exact) mass is 355 g/mol. The highest BCUT2D eigenvalue weighted by atomic mass is 16.5. The van der Waals surface area contributed by atoms with Gasteiger partial charge in [-0.3, -0.25) is 14.9 Å². The Balaban J connectivity index is 1.85. The molecule has 0 radical (unpaired) electrons. The van der Waals surface area contributed by atoms with Gasteiger partial charge in [-0.2, -0.15) is 0 Å². The van der Waals surface area contributed by atoms with Crippen molar-refractivity contribution >= 4 is 17.6 Å². The van der Waals surface area contributed by atoms with E-state index >= 15 is 0 Å². The minimum Gasteiger partial charge on any atom is -0.491 e. The van der Waals surface area contributed by atoms with E-state index < -0.39 is 5.91 Å². The Morgan fingerprint density at radius 3 is 2.65 bits per heavy atom. The average Bonchev–Trinajstić information content (AvgIpc) is 2.85. The number of hydrogen-bond donors (Lipinski definition) is 2. The second-order valence-corrected chi connectivity index (χ2v) is 6.23. The zero-order valence-corrected chi connectivity index (χ0v) is 14.7. The van der Waals surface area contributed by atoms with Gasteiger partial charge in [0.05, 0.1) is 12.6 Å². The Hall–Kier alpha value is -3.06. The molecule has 1 atom stereocenters. The minimum absolute atomic E-state index is 0.127. The zero-order valence-electron chi connectivity index (χ0n) is 14.7. The lowest BCUT2D eigenvalue weighted by Crippen LogP contribution is -2.46. The summed E-state index contributed by atoms with van der Waals surface area (Å²) in [5.74, 6) is -0.0685. The van der Waals surface area contributed by atoms with E-state index in [9.17, 15) is 9.59 Å². The fraction of sp³-hybridized carbons (Fsp3) is 0.263. The van der Waals surface area contributed by atoms with E-state index in [0.717, 1.165) is 11.3 Å². The molecule has 7 heteroatoms. The molecule has 1 aliphatic heterocycles. The van der Waals surface area contributed by atoms with Crippen LogP contribution in [0.3, 0.4) is 0 Å². The molecule has 7 nitrogen and oxygen atoms in total. The van der Waals surface area contributed by atoms with E-state index in [-0.39, 0.29) is 12.1 Å². The van der Waals surface area contributed by atoms with Crippen LogP contribution in [0.1, 0.15) is 22.8 Å². The predicted molar refractivity (Wildman–Crippen MR) is 96.4 cm³/mol. The summed E-state index contributed by atoms with van der Waals surface area (Å²) in [6, 6.07) is 14.1. The molecule has 0 fully saturated rings. The molecule has 26 heavy (non-hydrogen) atoms. The van der Waals surface area contributed by atoms with Crippen LogP contribution in [0.5, 0.6) is 5.75 Å². The molecule has 1 unspecified atom stereocenters. The highest BCUT2D eigenvalue weighted by Gasteiger charge is 2.28. The lowest BCUT2D eigenvalue weighted by Gasteiger charge is -2.31. The molecule has 3 rings (SSSR count). The Bertz CT molecular complexity index is 810. The third kappa shape index (κ3) is 3.48. The number of carbonyl (C=O) groups excluding carboxylic acids is 2. The van der Waals surface area contributed by atoms with Gasteiger partial charge in [-0.05, 0) is 31.2 Å². The summed E-state index contributed by atoms with van der Waals surface area (Å²) < 4.78 is 5.79. The SMILES string of the molecule is CC1COc2cc(C(=O)NO)ccc2CN1C(=O)N(C)c1ccccc1. The minimum atomic E-state index is -0.606. The van der Waals surface area contributed by atoms with Crippen molar-refractivity contribution in [2.75, 3.05) is 18.6 Å². The fourth-order valence-electron chi connectivity index (χ4n) is 2.88. The second kappa shape index (κ2) is 7.45. The quantitative estimate of drug-likeness (QED) is 0.641. The van der Waals surface area contributed by atoms with E-state index in [0.29, 0.717) is 24.5 Å². The molecule has 2 N–H and O–H groups in total. The Morgan fingerprint density at radius 1 is 1.23 bits per heavy atom. The van der Waals surface area contributed by atoms with E-state index in [1.807, 2.05) is 37.3 Å². The number of carbonyl (C=O) groups is 2. The van der Waals surface area contributed by atoms with Crippen molar-refractivity contribution < 1.29 is 19.5 Å². The molecule has 0 saturated heterocycles. The lowest BCUT2D eigenvalue weighted by molar-refractivity contribution is 0.0706. The number of hydroxylamine groups is 1. The van der Waals surface area contributed by atoms with Gasteiger partial charge in [-0.15, -0.1) is 0 Å². The van der Waals surface area contributed by atoms with Gasteiger partial charge in [0.25, 0.3) is 5.91 Å². The van der Waals surface area contributed by atoms with Gasteiger partial charge in [0.15, 0.2) is 0 Å². The summed E-state index contributed by atoms with van der Waals surface area (Å²) in [5.41, 5.74) is 3.51. The first-order valence-corrected chi connectivity index (χ1v) is 8.30. The summed E-state index contributed by atoms with van der Waals surface area (Å²) in [6.45, 7) is 2.60. The molecule has 1 heterocycles. The van der Waals surface area contributed by atoms with Crippen LogP contribution >= 0.6 is 0 Å². The van der Waals surface area contributed by atoms with E-state index in [2.05, 4.69) is 0 Å². The van der Waals surface area contributed by atoms with E-state index in [1.54, 1.807) is 40.5 Å². The van der Waals surface area contributed by atoms with Crippen molar-refractivity contribution in [3.8, 4) is 5.75 Å². The number of fused-ring (bicyclic) bond motifs is 1. The highest BCUT2D eigenvalue weighted by Crippen LogP contribution is 2.27. The van der Waals surface area contributed by atoms with Crippen molar-refractivity contribution in [2.45, 2.75) is 19.5 Å². The maximum atomic E-state index is 13.0. The van der Waals surface area contributed by atoms with E-state index in [1.165, 1.54) is 0 Å². The summed E-state index contributed by atoms with van der Waals surface area (Å²) in [4.78, 5) is 27.9. The first kappa shape index (κ1) is 17.8. The van der Waals surface area contributed by atoms with Gasteiger partial charge in [0.2, 0.25) is 0 Å². The van der Waals surface area contributed by atoms with Gasteiger partial charge in [-0.1, -0.05) is 24.3 Å². The van der Waals surface area contributed by atoms with Crippen molar-refractivity contribution in [3.63, 3.8) is 0 Å². The summed E-state index contributed by atoms with van der Waals surface area (Å²) in [5, 5.41) is 8.78. The number of hydrogen-bond acceptors (Lipinski definition) is 4. The summed E-state index contributed by atoms with van der Waals surface area (Å²) in [6.07, 6.45) is 0. The molecule has 2 aromatic rings. The smallest absolute Gasteiger partial charge is 0.324 e. The summed E-state index contributed by atoms with van der Waals surface area (Å²) in [7, 11) is 1.74. The summed E-state index contributed by atoms with van der Waals surface area (Å²) >= 11 is 0. The lowest BCUT2D eigenvalue weighted by atomic mass is 10.1. The van der Waals surface area contributed by atoms with Crippen LogP contribution in [0.2, 0.25) is 0 Å². The van der Waals surface area contributed by atoms with Crippen molar-refractivity contribution in [1.82, 2.24) is 10.4 Å². The van der Waals surface area contributed by atoms with Gasteiger partial charge in [0, 0.05) is 23.9 Å². The number of benzene rings is 2. The van der Waals surface area contributed by atoms with Gasteiger partial charge in [-0.25, -0.2) is 10.3 Å². The molecule has 0 bridgehead atoms. The standard InChI is InChI=1S/C19H21N3O4/c1-13-12-26-17-10-14(18(23)20-25)8-9-15(17)11-22(13)19(24)21(2)16-6-4-3-5-7-16/h3-10,13,25H,11-12H2,1-2H3,(H,20,23). The average molecular weight is 355 g/mol. The topological polar surface area (TPSA) is 82.1 Å². The maximum Gasteiger partial charge on any atom is 0.324 e. The maximum absolute atomic E-state index is 13.0. The van der Waals surface area contributed by atoms with Crippen molar-refractivity contribution in [3.05, 3.63) is 59.7 Å². The van der Waals surface area contributed by atoms with Gasteiger partial charge >= 0.3 is 6.03 Å². The van der Waals surface area contributed by atoms with Crippen LogP contribution in [0.25, 0.3) is 0 Å². The molecule has 136 valence electrons. The first-order valence-electron chi connectivity index (χ1n) is 8.30. The molecule has 3 amide bonds. The molecule has 0 spiro atoms. The molecule has 2 aromatic carbocycles. The number of urea groups is 1. The van der Waals surface area contributed by atoms with E-state index in [4.69, 9.17) is 9.94 Å². The number of nitrogens with zero attached hydrogens (tertiary/aromatic N) is 2. The second-order valence-electron chi connectivity index (χ2n) is 6.23. The highest BCUT2D eigenvalue weighted by molar-refractivity contribution is 5.94. The van der Waals surface area contributed by atoms with Crippen LogP contribution in [0.15, 0.2) is 48.5 Å². The van der Waals surface area contributed by atoms with Crippen LogP contribution in [0, 0.1) is 0 Å². The number of ether oxygens (including phenoxy) is 1. The molecule has 1 aliphatic rings. The molecular weight excluding hydrogens is 334 g/mol. The van der Waals surface area contributed by atoms with Gasteiger partial charge in [0.1, 0.15) is 12.4 Å². The number of anilines is 1. The number of para-hydroxylation sites is 1. The van der Waals surface area contributed by atoms with Gasteiger partial charge < -0.3 is 9.64 Å². The largest absolute Gasteiger partial charge is 0.491 e. The van der Waals surface area contributed by atoms with Crippen LogP contribution < -0.4 is 15.1 Å². The first-order chi connectivity index (χ1) is 12.5. The zero-order chi connectivity index (χ0) is 18.7. The Labute approximate surface area is 151 Å². The molecule has 0 aliphatic carbocycles. The van der Waals surface area contributed by atoms with Crippen molar-refractivity contribution in [1.29, 1.82) is 0 Å². The number of nitrogens with one attached hydrogen (secondary N) is 1. The Morgan fingerprint density at radius 2 is 1.96 bits per heavy atom. The number of rotatable bonds is 2. The number of amides is 3. The third-order valence-corrected chi connectivity index (χ3v) is 4.46. The van der Waals surface area contributed by atoms with Crippen LogP contribution in [-0.4, -0.2) is 41.7 Å².